The van der Waals surface area contributed by atoms with E-state index >= 15 is 0 Å². The SMILES string of the molecule is CCc1cc(C)cc(CC)c1N1CC(S(=O)(=O)F)CC1=O. The highest BCUT2D eigenvalue weighted by atomic mass is 32.3. The second-order valence-electron chi connectivity index (χ2n) is 5.44. The number of carbonyl (C=O) groups is 1. The van der Waals surface area contributed by atoms with E-state index in [1.54, 1.807) is 0 Å². The van der Waals surface area contributed by atoms with Gasteiger partial charge in [0.15, 0.2) is 0 Å². The van der Waals surface area contributed by atoms with Crippen LogP contribution in [0.4, 0.5) is 9.57 Å². The lowest BCUT2D eigenvalue weighted by Crippen LogP contribution is -2.29. The third-order valence-corrected chi connectivity index (χ3v) is 5.04. The summed E-state index contributed by atoms with van der Waals surface area (Å²) in [6.07, 6.45) is 1.20. The molecule has 0 bridgehead atoms. The molecule has 21 heavy (non-hydrogen) atoms. The summed E-state index contributed by atoms with van der Waals surface area (Å²) in [5.74, 6) is -0.325. The zero-order valence-electron chi connectivity index (χ0n) is 12.5. The maximum Gasteiger partial charge on any atom is 0.307 e. The van der Waals surface area contributed by atoms with Crippen LogP contribution in [0.5, 0.6) is 0 Å². The van der Waals surface area contributed by atoms with Crippen molar-refractivity contribution in [2.75, 3.05) is 11.4 Å². The van der Waals surface area contributed by atoms with Crippen LogP contribution in [0.1, 0.15) is 37.0 Å². The van der Waals surface area contributed by atoms with Gasteiger partial charge in [0.1, 0.15) is 5.25 Å². The Labute approximate surface area is 125 Å². The van der Waals surface area contributed by atoms with Crippen LogP contribution < -0.4 is 4.90 Å². The predicted octanol–water partition coefficient (Wildman–Crippen LogP) is 2.52. The Hall–Kier alpha value is -1.43. The summed E-state index contributed by atoms with van der Waals surface area (Å²) in [5.41, 5.74) is 3.87. The molecule has 2 rings (SSSR count). The zero-order valence-corrected chi connectivity index (χ0v) is 13.3. The van der Waals surface area contributed by atoms with Crippen molar-refractivity contribution < 1.29 is 17.1 Å². The number of anilines is 1. The number of halogens is 1. The average molecular weight is 313 g/mol. The summed E-state index contributed by atoms with van der Waals surface area (Å²) in [6, 6.07) is 4.00. The molecule has 1 aromatic rings. The summed E-state index contributed by atoms with van der Waals surface area (Å²) < 4.78 is 35.3. The molecule has 6 heteroatoms. The Morgan fingerprint density at radius 2 is 1.76 bits per heavy atom. The Morgan fingerprint density at radius 1 is 1.24 bits per heavy atom. The zero-order chi connectivity index (χ0) is 15.8. The molecule has 0 saturated carbocycles. The van der Waals surface area contributed by atoms with Crippen LogP contribution >= 0.6 is 0 Å². The fourth-order valence-corrected chi connectivity index (χ4v) is 3.57. The van der Waals surface area contributed by atoms with E-state index in [-0.39, 0.29) is 18.9 Å². The topological polar surface area (TPSA) is 54.5 Å². The van der Waals surface area contributed by atoms with Crippen LogP contribution in [0.2, 0.25) is 0 Å². The van der Waals surface area contributed by atoms with Gasteiger partial charge < -0.3 is 4.90 Å². The van der Waals surface area contributed by atoms with E-state index in [0.29, 0.717) is 0 Å². The van der Waals surface area contributed by atoms with Crippen LogP contribution in [0.3, 0.4) is 0 Å². The van der Waals surface area contributed by atoms with E-state index in [0.717, 1.165) is 35.2 Å². The maximum absolute atomic E-state index is 13.2. The van der Waals surface area contributed by atoms with Crippen LogP contribution in [-0.2, 0) is 27.9 Å². The van der Waals surface area contributed by atoms with Gasteiger partial charge in [-0.1, -0.05) is 31.5 Å². The van der Waals surface area contributed by atoms with Gasteiger partial charge in [0, 0.05) is 13.0 Å². The molecule has 0 aliphatic carbocycles. The largest absolute Gasteiger partial charge is 0.310 e. The van der Waals surface area contributed by atoms with E-state index in [4.69, 9.17) is 0 Å². The van der Waals surface area contributed by atoms with E-state index < -0.39 is 15.5 Å². The van der Waals surface area contributed by atoms with E-state index in [9.17, 15) is 17.1 Å². The van der Waals surface area contributed by atoms with Crippen LogP contribution in [-0.4, -0.2) is 26.1 Å². The number of amides is 1. The van der Waals surface area contributed by atoms with Crippen molar-refractivity contribution in [1.82, 2.24) is 0 Å². The van der Waals surface area contributed by atoms with Crippen LogP contribution in [0.25, 0.3) is 0 Å². The molecular weight excluding hydrogens is 293 g/mol. The van der Waals surface area contributed by atoms with Crippen LogP contribution in [0, 0.1) is 6.92 Å². The average Bonchev–Trinajstić information content (AvgIpc) is 2.79. The van der Waals surface area contributed by atoms with Crippen molar-refractivity contribution in [1.29, 1.82) is 0 Å². The monoisotopic (exact) mass is 313 g/mol. The molecule has 1 aromatic carbocycles. The number of hydrogen-bond acceptors (Lipinski definition) is 3. The smallest absolute Gasteiger partial charge is 0.307 e. The molecule has 0 N–H and O–H groups in total. The van der Waals surface area contributed by atoms with Crippen molar-refractivity contribution in [2.24, 2.45) is 0 Å². The highest BCUT2D eigenvalue weighted by Crippen LogP contribution is 2.33. The molecule has 1 aliphatic heterocycles. The van der Waals surface area contributed by atoms with Gasteiger partial charge in [0.25, 0.3) is 0 Å². The highest BCUT2D eigenvalue weighted by molar-refractivity contribution is 7.87. The first kappa shape index (κ1) is 15.9. The Kier molecular flexibility index (Phi) is 4.37. The lowest BCUT2D eigenvalue weighted by atomic mass is 9.99. The molecule has 1 aliphatic rings. The molecule has 1 atom stereocenters. The van der Waals surface area contributed by atoms with Crippen LogP contribution in [0.15, 0.2) is 12.1 Å². The van der Waals surface area contributed by atoms with Gasteiger partial charge in [0.05, 0.1) is 5.69 Å². The summed E-state index contributed by atoms with van der Waals surface area (Å²) >= 11 is 0. The number of hydrogen-bond donors (Lipinski definition) is 0. The predicted molar refractivity (Wildman–Crippen MR) is 80.7 cm³/mol. The van der Waals surface area contributed by atoms with Gasteiger partial charge in [-0.05, 0) is 30.9 Å². The lowest BCUT2D eigenvalue weighted by molar-refractivity contribution is -0.117. The van der Waals surface area contributed by atoms with Crippen molar-refractivity contribution >= 4 is 21.8 Å². The fraction of sp³-hybridized carbons (Fsp3) is 0.533. The molecule has 4 nitrogen and oxygen atoms in total. The van der Waals surface area contributed by atoms with Crippen molar-refractivity contribution in [2.45, 2.75) is 45.3 Å². The normalized spacial score (nSPS) is 19.3. The van der Waals surface area contributed by atoms with Gasteiger partial charge in [0.2, 0.25) is 5.91 Å². The number of nitrogens with zero attached hydrogens (tertiary/aromatic N) is 1. The van der Waals surface area contributed by atoms with E-state index in [2.05, 4.69) is 0 Å². The van der Waals surface area contributed by atoms with E-state index in [1.807, 2.05) is 32.9 Å². The molecule has 0 radical (unpaired) electrons. The summed E-state index contributed by atoms with van der Waals surface area (Å²) in [7, 11) is -4.69. The second-order valence-corrected chi connectivity index (χ2v) is 7.06. The molecule has 0 aromatic heterocycles. The Balaban J connectivity index is 2.49. The molecule has 1 heterocycles. The molecule has 1 saturated heterocycles. The van der Waals surface area contributed by atoms with Gasteiger partial charge in [-0.2, -0.15) is 8.42 Å². The number of carbonyl (C=O) groups excluding carboxylic acids is 1. The van der Waals surface area contributed by atoms with Gasteiger partial charge >= 0.3 is 10.2 Å². The number of aryl methyl sites for hydroxylation is 3. The van der Waals surface area contributed by atoms with E-state index in [1.165, 1.54) is 4.90 Å². The summed E-state index contributed by atoms with van der Waals surface area (Å²) in [4.78, 5) is 13.6. The Bertz CT molecular complexity index is 644. The third-order valence-electron chi connectivity index (χ3n) is 3.93. The quantitative estimate of drug-likeness (QED) is 0.803. The summed E-state index contributed by atoms with van der Waals surface area (Å²) in [6.45, 7) is 5.87. The molecule has 1 unspecified atom stereocenters. The minimum absolute atomic E-state index is 0.0965. The van der Waals surface area contributed by atoms with Gasteiger partial charge in [-0.25, -0.2) is 0 Å². The molecule has 1 amide bonds. The summed E-state index contributed by atoms with van der Waals surface area (Å²) in [5, 5.41) is -1.25. The lowest BCUT2D eigenvalue weighted by Gasteiger charge is -2.23. The maximum atomic E-state index is 13.2. The van der Waals surface area contributed by atoms with Crippen molar-refractivity contribution in [3.05, 3.63) is 28.8 Å². The van der Waals surface area contributed by atoms with Crippen molar-refractivity contribution in [3.8, 4) is 0 Å². The highest BCUT2D eigenvalue weighted by Gasteiger charge is 2.40. The number of benzene rings is 1. The fourth-order valence-electron chi connectivity index (χ4n) is 2.90. The molecule has 0 spiro atoms. The Morgan fingerprint density at radius 3 is 2.14 bits per heavy atom. The number of rotatable bonds is 4. The first-order valence-corrected chi connectivity index (χ1v) is 8.58. The van der Waals surface area contributed by atoms with Gasteiger partial charge in [-0.3, -0.25) is 4.79 Å². The second kappa shape index (κ2) is 5.75. The van der Waals surface area contributed by atoms with Gasteiger partial charge in [-0.15, -0.1) is 3.89 Å². The molecular formula is C15H20FNO3S. The standard InChI is InChI=1S/C15H20FNO3S/c1-4-11-6-10(3)7-12(5-2)15(11)17-9-13(8-14(17)18)21(16,19)20/h6-7,13H,4-5,8-9H2,1-3H3. The minimum Gasteiger partial charge on any atom is -0.310 e. The third kappa shape index (κ3) is 3.10. The van der Waals surface area contributed by atoms with Crippen molar-refractivity contribution in [3.63, 3.8) is 0 Å². The molecule has 116 valence electrons. The minimum atomic E-state index is -4.69. The first-order valence-electron chi connectivity index (χ1n) is 7.14. The first-order chi connectivity index (χ1) is 9.77. The molecule has 1 fully saturated rings.